The molecule has 0 atom stereocenters. The van der Waals surface area contributed by atoms with Gasteiger partial charge in [0.05, 0.1) is 5.75 Å². The minimum Gasteiger partial charge on any atom is -0.384 e. The monoisotopic (exact) mass is 324 g/mol. The molecule has 0 fully saturated rings. The number of H-pyrrole nitrogens is 2. The summed E-state index contributed by atoms with van der Waals surface area (Å²) in [5.41, 5.74) is 4.27. The molecule has 9 nitrogen and oxygen atoms in total. The second kappa shape index (κ2) is 6.60. The molecular weight excluding hydrogens is 308 g/mol. The Balaban J connectivity index is 2.31. The molecule has 0 saturated heterocycles. The van der Waals surface area contributed by atoms with Crippen LogP contribution in [0.25, 0.3) is 0 Å². The summed E-state index contributed by atoms with van der Waals surface area (Å²) < 4.78 is 1.21. The molecule has 0 bridgehead atoms. The van der Waals surface area contributed by atoms with E-state index in [0.717, 1.165) is 11.8 Å². The Kier molecular flexibility index (Phi) is 4.81. The van der Waals surface area contributed by atoms with E-state index >= 15 is 0 Å². The van der Waals surface area contributed by atoms with Gasteiger partial charge in [0, 0.05) is 6.54 Å². The third-order valence-electron chi connectivity index (χ3n) is 2.80. The summed E-state index contributed by atoms with van der Waals surface area (Å²) >= 11 is 1.10. The summed E-state index contributed by atoms with van der Waals surface area (Å²) in [4.78, 5) is 41.9. The van der Waals surface area contributed by atoms with Crippen molar-refractivity contribution in [2.45, 2.75) is 25.5 Å². The fourth-order valence-electron chi connectivity index (χ4n) is 1.87. The number of hydrogen-bond acceptors (Lipinski definition) is 7. The van der Waals surface area contributed by atoms with Crippen molar-refractivity contribution in [1.29, 1.82) is 0 Å². The molecule has 10 heteroatoms. The van der Waals surface area contributed by atoms with E-state index in [0.29, 0.717) is 11.7 Å². The summed E-state index contributed by atoms with van der Waals surface area (Å²) in [6.45, 7) is 4.12. The van der Waals surface area contributed by atoms with Crippen LogP contribution in [0.2, 0.25) is 0 Å². The maximum Gasteiger partial charge on any atom is 0.329 e. The lowest BCUT2D eigenvalue weighted by atomic mass is 10.2. The fourth-order valence-corrected chi connectivity index (χ4v) is 2.52. The molecule has 2 aromatic rings. The van der Waals surface area contributed by atoms with Crippen LogP contribution in [-0.2, 0) is 6.54 Å². The standard InChI is InChI=1S/C12H16N6O3S/c1-6(2)3-18-9(13)8(10(20)16-12(18)21)7(19)4-22-11-14-5-15-17-11/h5-6H,3-4,13H2,1-2H3,(H,14,15,17)(H,16,20,21). The van der Waals surface area contributed by atoms with Crippen LogP contribution < -0.4 is 17.0 Å². The van der Waals surface area contributed by atoms with Gasteiger partial charge in [0.15, 0.2) is 10.9 Å². The number of ketones is 1. The van der Waals surface area contributed by atoms with E-state index in [-0.39, 0.29) is 23.1 Å². The quantitative estimate of drug-likeness (QED) is 0.496. The zero-order valence-electron chi connectivity index (χ0n) is 12.1. The van der Waals surface area contributed by atoms with Gasteiger partial charge in [-0.15, -0.1) is 0 Å². The Morgan fingerprint density at radius 3 is 2.77 bits per heavy atom. The Morgan fingerprint density at radius 2 is 2.18 bits per heavy atom. The lowest BCUT2D eigenvalue weighted by Crippen LogP contribution is -2.37. The van der Waals surface area contributed by atoms with Gasteiger partial charge in [0.2, 0.25) is 0 Å². The maximum absolute atomic E-state index is 12.2. The van der Waals surface area contributed by atoms with Crippen LogP contribution in [0.3, 0.4) is 0 Å². The molecule has 118 valence electrons. The van der Waals surface area contributed by atoms with E-state index in [1.54, 1.807) is 0 Å². The predicted molar refractivity (Wildman–Crippen MR) is 82.0 cm³/mol. The van der Waals surface area contributed by atoms with Gasteiger partial charge in [-0.2, -0.15) is 5.10 Å². The zero-order chi connectivity index (χ0) is 16.3. The van der Waals surface area contributed by atoms with Crippen molar-refractivity contribution in [2.24, 2.45) is 5.92 Å². The van der Waals surface area contributed by atoms with Gasteiger partial charge >= 0.3 is 5.69 Å². The topological polar surface area (TPSA) is 140 Å². The minimum atomic E-state index is -0.773. The van der Waals surface area contributed by atoms with Gasteiger partial charge in [-0.3, -0.25) is 24.2 Å². The Bertz CT molecular complexity index is 777. The van der Waals surface area contributed by atoms with Crippen LogP contribution in [-0.4, -0.2) is 36.3 Å². The smallest absolute Gasteiger partial charge is 0.329 e. The van der Waals surface area contributed by atoms with Crippen molar-refractivity contribution < 1.29 is 4.79 Å². The normalized spacial score (nSPS) is 11.0. The average molecular weight is 324 g/mol. The Hall–Kier alpha value is -2.36. The first kappa shape index (κ1) is 16.0. The van der Waals surface area contributed by atoms with Crippen LogP contribution in [0.5, 0.6) is 0 Å². The molecule has 0 saturated carbocycles. The first-order chi connectivity index (χ1) is 10.4. The van der Waals surface area contributed by atoms with Crippen molar-refractivity contribution >= 4 is 23.4 Å². The number of thioether (sulfide) groups is 1. The van der Waals surface area contributed by atoms with Crippen LogP contribution in [0.15, 0.2) is 21.1 Å². The van der Waals surface area contributed by atoms with Crippen molar-refractivity contribution in [1.82, 2.24) is 24.7 Å². The van der Waals surface area contributed by atoms with Gasteiger partial charge in [-0.1, -0.05) is 25.6 Å². The lowest BCUT2D eigenvalue weighted by molar-refractivity contribution is 0.102. The summed E-state index contributed by atoms with van der Waals surface area (Å²) in [6, 6.07) is 0. The zero-order valence-corrected chi connectivity index (χ0v) is 12.9. The predicted octanol–water partition coefficient (Wildman–Crippen LogP) is -0.132. The maximum atomic E-state index is 12.2. The first-order valence-corrected chi connectivity index (χ1v) is 7.52. The number of Topliss-reactive ketones (excluding diaryl/α,β-unsaturated/α-hetero) is 1. The summed E-state index contributed by atoms with van der Waals surface area (Å²) in [5.74, 6) is -0.483. The third-order valence-corrected chi connectivity index (χ3v) is 3.68. The molecule has 0 spiro atoms. The highest BCUT2D eigenvalue weighted by molar-refractivity contribution is 7.99. The molecule has 2 rings (SSSR count). The summed E-state index contributed by atoms with van der Waals surface area (Å²) in [6.07, 6.45) is 1.32. The van der Waals surface area contributed by atoms with Gasteiger partial charge in [0.25, 0.3) is 5.56 Å². The minimum absolute atomic E-state index is 0.0393. The van der Waals surface area contributed by atoms with Crippen molar-refractivity contribution in [3.63, 3.8) is 0 Å². The van der Waals surface area contributed by atoms with E-state index < -0.39 is 17.0 Å². The second-order valence-electron chi connectivity index (χ2n) is 5.03. The average Bonchev–Trinajstić information content (AvgIpc) is 2.94. The van der Waals surface area contributed by atoms with Crippen molar-refractivity contribution in [3.05, 3.63) is 32.7 Å². The number of aromatic amines is 2. The summed E-state index contributed by atoms with van der Waals surface area (Å²) in [5, 5.41) is 6.71. The number of nitrogens with one attached hydrogen (secondary N) is 2. The highest BCUT2D eigenvalue weighted by atomic mass is 32.2. The Morgan fingerprint density at radius 1 is 1.45 bits per heavy atom. The number of carbonyl (C=O) groups excluding carboxylic acids is 1. The molecule has 0 radical (unpaired) electrons. The van der Waals surface area contributed by atoms with Crippen LogP contribution in [0.4, 0.5) is 5.82 Å². The molecular formula is C12H16N6O3S. The number of anilines is 1. The number of carbonyl (C=O) groups is 1. The molecule has 0 aliphatic rings. The van der Waals surface area contributed by atoms with Gasteiger partial charge in [-0.25, -0.2) is 9.78 Å². The number of aromatic nitrogens is 5. The number of nitrogens with zero attached hydrogens (tertiary/aromatic N) is 3. The molecule has 0 aromatic carbocycles. The Labute approximate surface area is 129 Å². The number of nitrogens with two attached hydrogens (primary N) is 1. The van der Waals surface area contributed by atoms with Crippen LogP contribution in [0, 0.1) is 5.92 Å². The molecule has 0 aliphatic carbocycles. The number of rotatable bonds is 6. The van der Waals surface area contributed by atoms with Crippen molar-refractivity contribution in [3.8, 4) is 0 Å². The molecule has 2 aromatic heterocycles. The van der Waals surface area contributed by atoms with Crippen molar-refractivity contribution in [2.75, 3.05) is 11.5 Å². The molecule has 2 heterocycles. The summed E-state index contributed by atoms with van der Waals surface area (Å²) in [7, 11) is 0. The molecule has 0 amide bonds. The van der Waals surface area contributed by atoms with E-state index in [2.05, 4.69) is 20.2 Å². The second-order valence-corrected chi connectivity index (χ2v) is 5.99. The molecule has 0 unspecified atom stereocenters. The van der Waals surface area contributed by atoms with Gasteiger partial charge < -0.3 is 5.73 Å². The van der Waals surface area contributed by atoms with E-state index in [9.17, 15) is 14.4 Å². The first-order valence-electron chi connectivity index (χ1n) is 6.54. The van der Waals surface area contributed by atoms with Crippen LogP contribution in [0.1, 0.15) is 24.2 Å². The van der Waals surface area contributed by atoms with Gasteiger partial charge in [0.1, 0.15) is 17.7 Å². The highest BCUT2D eigenvalue weighted by Crippen LogP contribution is 2.15. The van der Waals surface area contributed by atoms with E-state index in [1.807, 2.05) is 13.8 Å². The number of nitrogen functional groups attached to an aromatic ring is 1. The largest absolute Gasteiger partial charge is 0.384 e. The van der Waals surface area contributed by atoms with Gasteiger partial charge in [-0.05, 0) is 5.92 Å². The molecule has 4 N–H and O–H groups in total. The fraction of sp³-hybridized carbons (Fsp3) is 0.417. The highest BCUT2D eigenvalue weighted by Gasteiger charge is 2.20. The SMILES string of the molecule is CC(C)Cn1c(N)c(C(=O)CSc2ncn[nH]2)c(=O)[nH]c1=O. The van der Waals surface area contributed by atoms with E-state index in [1.165, 1.54) is 10.9 Å². The number of hydrogen-bond donors (Lipinski definition) is 3. The third kappa shape index (κ3) is 3.45. The lowest BCUT2D eigenvalue weighted by Gasteiger charge is -2.13. The van der Waals surface area contributed by atoms with Crippen LogP contribution >= 0.6 is 11.8 Å². The molecule has 0 aliphatic heterocycles. The van der Waals surface area contributed by atoms with E-state index in [4.69, 9.17) is 5.73 Å². The molecule has 22 heavy (non-hydrogen) atoms.